The number of benzene rings is 3. The molecule has 1 unspecified atom stereocenters. The fourth-order valence-corrected chi connectivity index (χ4v) is 4.65. The number of hydrogen-bond acceptors (Lipinski definition) is 8. The van der Waals surface area contributed by atoms with E-state index in [1.54, 1.807) is 24.3 Å². The Balaban J connectivity index is 1.05. The Kier molecular flexibility index (Phi) is 6.59. The highest BCUT2D eigenvalue weighted by Crippen LogP contribution is 2.34. The Morgan fingerprint density at radius 1 is 0.882 bits per heavy atom. The van der Waals surface area contributed by atoms with Crippen molar-refractivity contribution in [3.63, 3.8) is 0 Å². The second kappa shape index (κ2) is 10.1. The van der Waals surface area contributed by atoms with E-state index in [4.69, 9.17) is 9.15 Å². The zero-order valence-corrected chi connectivity index (χ0v) is 19.4. The van der Waals surface area contributed by atoms with Gasteiger partial charge >= 0.3 is 0 Å². The smallest absolute Gasteiger partial charge is 0.257 e. The molecule has 34 heavy (non-hydrogen) atoms. The van der Waals surface area contributed by atoms with Crippen LogP contribution in [0.1, 0.15) is 0 Å². The number of carbonyl (C=O) groups excluding carboxylic acids is 2. The summed E-state index contributed by atoms with van der Waals surface area (Å²) >= 11 is 2.60. The molecule has 0 spiro atoms. The topological polar surface area (TPSA) is 105 Å². The van der Waals surface area contributed by atoms with Crippen molar-refractivity contribution in [3.8, 4) is 5.75 Å². The fraction of sp³-hybridized carbons (Fsp3) is 0.125. The third kappa shape index (κ3) is 5.46. The molecule has 1 aliphatic rings. The van der Waals surface area contributed by atoms with Crippen molar-refractivity contribution in [2.45, 2.75) is 10.8 Å². The maximum atomic E-state index is 12.3. The molecule has 8 nitrogen and oxygen atoms in total. The van der Waals surface area contributed by atoms with Crippen molar-refractivity contribution in [1.29, 1.82) is 0 Å². The molecular weight excluding hydrogens is 472 g/mol. The Morgan fingerprint density at radius 2 is 1.56 bits per heavy atom. The van der Waals surface area contributed by atoms with Crippen molar-refractivity contribution >= 4 is 63.5 Å². The molecule has 3 aromatic carbocycles. The van der Waals surface area contributed by atoms with E-state index in [1.165, 1.54) is 23.5 Å². The van der Waals surface area contributed by atoms with Crippen LogP contribution in [-0.2, 0) is 9.59 Å². The summed E-state index contributed by atoms with van der Waals surface area (Å²) in [5, 5.41) is 9.34. The molecule has 1 atom stereocenters. The number of oxazole rings is 1. The van der Waals surface area contributed by atoms with Gasteiger partial charge in [-0.05, 0) is 48.5 Å². The highest BCUT2D eigenvalue weighted by Gasteiger charge is 2.22. The number of hydrogen-bond donors (Lipinski definition) is 3. The van der Waals surface area contributed by atoms with E-state index in [0.29, 0.717) is 22.2 Å². The predicted molar refractivity (Wildman–Crippen MR) is 135 cm³/mol. The van der Waals surface area contributed by atoms with E-state index in [1.807, 2.05) is 48.5 Å². The van der Waals surface area contributed by atoms with Gasteiger partial charge in [-0.15, -0.1) is 0 Å². The van der Waals surface area contributed by atoms with Crippen LogP contribution in [0.3, 0.4) is 0 Å². The van der Waals surface area contributed by atoms with Crippen LogP contribution in [-0.4, -0.2) is 33.9 Å². The summed E-state index contributed by atoms with van der Waals surface area (Å²) in [6, 6.07) is 22.1. The molecule has 1 aromatic heterocycles. The van der Waals surface area contributed by atoms with Crippen LogP contribution in [0.4, 0.5) is 17.1 Å². The summed E-state index contributed by atoms with van der Waals surface area (Å²) in [5.74, 6) is 0.870. The van der Waals surface area contributed by atoms with Gasteiger partial charge in [0, 0.05) is 11.4 Å². The van der Waals surface area contributed by atoms with Crippen LogP contribution >= 0.6 is 23.5 Å². The second-order valence-corrected chi connectivity index (χ2v) is 9.29. The van der Waals surface area contributed by atoms with Crippen molar-refractivity contribution in [2.75, 3.05) is 27.5 Å². The standard InChI is InChI=1S/C24H20N4O4S2/c29-21(13-33-23-27-17-5-1-3-7-19(17)31-23)25-15-9-11-16(12-10-15)26-22(30)14-34-24-28-18-6-2-4-8-20(18)32-24/h1-12,23,27H,13-14H2,(H,25,29)(H,26,30). The Bertz CT molecular complexity index is 1270. The lowest BCUT2D eigenvalue weighted by Crippen LogP contribution is -2.21. The summed E-state index contributed by atoms with van der Waals surface area (Å²) in [6.45, 7) is 0. The van der Waals surface area contributed by atoms with E-state index < -0.39 is 0 Å². The molecule has 10 heteroatoms. The first-order valence-electron chi connectivity index (χ1n) is 10.4. The molecule has 0 radical (unpaired) electrons. The van der Waals surface area contributed by atoms with Crippen LogP contribution < -0.4 is 20.7 Å². The molecule has 172 valence electrons. The van der Waals surface area contributed by atoms with Gasteiger partial charge in [0.05, 0.1) is 17.2 Å². The maximum Gasteiger partial charge on any atom is 0.257 e. The van der Waals surface area contributed by atoms with Crippen molar-refractivity contribution in [1.82, 2.24) is 4.98 Å². The highest BCUT2D eigenvalue weighted by molar-refractivity contribution is 8.00. The first-order valence-corrected chi connectivity index (χ1v) is 12.5. The highest BCUT2D eigenvalue weighted by atomic mass is 32.2. The number of ether oxygens (including phenoxy) is 1. The maximum absolute atomic E-state index is 12.3. The van der Waals surface area contributed by atoms with Crippen LogP contribution in [0.5, 0.6) is 5.75 Å². The van der Waals surface area contributed by atoms with E-state index >= 15 is 0 Å². The lowest BCUT2D eigenvalue weighted by atomic mass is 10.3. The molecule has 0 saturated heterocycles. The first kappa shape index (κ1) is 22.2. The molecule has 0 fully saturated rings. The van der Waals surface area contributed by atoms with Gasteiger partial charge in [-0.2, -0.15) is 0 Å². The van der Waals surface area contributed by atoms with Gasteiger partial charge in [0.25, 0.3) is 5.22 Å². The lowest BCUT2D eigenvalue weighted by Gasteiger charge is -2.11. The molecular formula is C24H20N4O4S2. The summed E-state index contributed by atoms with van der Waals surface area (Å²) in [6.07, 6.45) is 0. The minimum atomic E-state index is -0.298. The molecule has 2 amide bonds. The van der Waals surface area contributed by atoms with Crippen LogP contribution in [0.25, 0.3) is 11.1 Å². The van der Waals surface area contributed by atoms with E-state index in [0.717, 1.165) is 17.0 Å². The Hall–Kier alpha value is -3.63. The molecule has 0 saturated carbocycles. The molecule has 0 aliphatic carbocycles. The molecule has 3 N–H and O–H groups in total. The summed E-state index contributed by atoms with van der Waals surface area (Å²) in [7, 11) is 0. The number of para-hydroxylation sites is 4. The average molecular weight is 493 g/mol. The van der Waals surface area contributed by atoms with Gasteiger partial charge in [0.2, 0.25) is 17.4 Å². The van der Waals surface area contributed by atoms with Gasteiger partial charge in [-0.1, -0.05) is 47.8 Å². The molecule has 1 aliphatic heterocycles. The van der Waals surface area contributed by atoms with Gasteiger partial charge in [-0.3, -0.25) is 9.59 Å². The third-order valence-corrected chi connectivity index (χ3v) is 6.59. The fourth-order valence-electron chi connectivity index (χ4n) is 3.26. The van der Waals surface area contributed by atoms with Crippen molar-refractivity contribution in [2.24, 2.45) is 0 Å². The Labute approximate surface area is 203 Å². The number of thioether (sulfide) groups is 2. The minimum absolute atomic E-state index is 0.141. The average Bonchev–Trinajstić information content (AvgIpc) is 3.46. The molecule has 4 aromatic rings. The molecule has 0 bridgehead atoms. The SMILES string of the molecule is O=C(CSc1nc2ccccc2o1)Nc1ccc(NC(=O)CSC2Nc3ccccc3O2)cc1. The first-order chi connectivity index (χ1) is 16.6. The number of carbonyl (C=O) groups is 2. The van der Waals surface area contributed by atoms with Gasteiger partial charge in [0.15, 0.2) is 5.58 Å². The Morgan fingerprint density at radius 3 is 2.29 bits per heavy atom. The van der Waals surface area contributed by atoms with E-state index in [9.17, 15) is 9.59 Å². The number of nitrogens with zero attached hydrogens (tertiary/aromatic N) is 1. The number of fused-ring (bicyclic) bond motifs is 2. The summed E-state index contributed by atoms with van der Waals surface area (Å²) < 4.78 is 11.4. The van der Waals surface area contributed by atoms with E-state index in [2.05, 4.69) is 20.9 Å². The number of anilines is 3. The van der Waals surface area contributed by atoms with Crippen molar-refractivity contribution in [3.05, 3.63) is 72.8 Å². The molecule has 2 heterocycles. The predicted octanol–water partition coefficient (Wildman–Crippen LogP) is 5.02. The number of amides is 2. The van der Waals surface area contributed by atoms with Crippen LogP contribution in [0.2, 0.25) is 0 Å². The zero-order valence-electron chi connectivity index (χ0n) is 17.8. The molecule has 5 rings (SSSR count). The van der Waals surface area contributed by atoms with Gasteiger partial charge in [0.1, 0.15) is 11.3 Å². The van der Waals surface area contributed by atoms with Crippen molar-refractivity contribution < 1.29 is 18.7 Å². The lowest BCUT2D eigenvalue weighted by molar-refractivity contribution is -0.114. The van der Waals surface area contributed by atoms with Crippen LogP contribution in [0.15, 0.2) is 82.4 Å². The second-order valence-electron chi connectivity index (χ2n) is 7.31. The summed E-state index contributed by atoms with van der Waals surface area (Å²) in [5.41, 5.74) is 3.36. The van der Waals surface area contributed by atoms with Crippen LogP contribution in [0, 0.1) is 0 Å². The normalized spacial score (nSPS) is 14.2. The van der Waals surface area contributed by atoms with Gasteiger partial charge in [-0.25, -0.2) is 4.98 Å². The zero-order chi connectivity index (χ0) is 23.3. The number of rotatable bonds is 8. The quantitative estimate of drug-likeness (QED) is 0.295. The number of aromatic nitrogens is 1. The van der Waals surface area contributed by atoms with E-state index in [-0.39, 0.29) is 28.9 Å². The monoisotopic (exact) mass is 492 g/mol. The third-order valence-electron chi connectivity index (χ3n) is 4.81. The largest absolute Gasteiger partial charge is 0.459 e. The van der Waals surface area contributed by atoms with Gasteiger partial charge < -0.3 is 25.1 Å². The number of nitrogens with one attached hydrogen (secondary N) is 3. The minimum Gasteiger partial charge on any atom is -0.459 e. The summed E-state index contributed by atoms with van der Waals surface area (Å²) in [4.78, 5) is 28.9.